The summed E-state index contributed by atoms with van der Waals surface area (Å²) in [6.45, 7) is 8.83. The fourth-order valence-electron chi connectivity index (χ4n) is 9.11. The van der Waals surface area contributed by atoms with E-state index < -0.39 is 108 Å². The maximum atomic E-state index is 14.2. The number of Topliss-reactive ketones (excluding diaryl/α,β-unsaturated/α-hetero) is 1. The molecule has 0 spiro atoms. The highest BCUT2D eigenvalue weighted by Crippen LogP contribution is 2.53. The Morgan fingerprint density at radius 1 is 0.905 bits per heavy atom. The van der Waals surface area contributed by atoms with Crippen molar-refractivity contribution in [2.45, 2.75) is 90.1 Å². The number of ether oxygens (including phenoxy) is 4. The molecule has 4 aromatic rings. The fourth-order valence-corrected chi connectivity index (χ4v) is 9.11. The monoisotopic (exact) mass is 867 g/mol. The lowest BCUT2D eigenvalue weighted by molar-refractivity contribution is -0.254. The first-order chi connectivity index (χ1) is 30.0. The lowest BCUT2D eigenvalue weighted by atomic mass is 9.72. The number of anilines is 1. The third kappa shape index (κ3) is 8.36. The van der Waals surface area contributed by atoms with Gasteiger partial charge in [0.05, 0.1) is 54.3 Å². The lowest BCUT2D eigenvalue weighted by Gasteiger charge is -2.43. The summed E-state index contributed by atoms with van der Waals surface area (Å²) in [6.07, 6.45) is -1.96. The summed E-state index contributed by atoms with van der Waals surface area (Å²) in [5.41, 5.74) is -2.07. The van der Waals surface area contributed by atoms with Crippen molar-refractivity contribution < 1.29 is 63.3 Å². The molecule has 3 aliphatic rings. The lowest BCUT2D eigenvalue weighted by Crippen LogP contribution is -2.50. The highest BCUT2D eigenvalue weighted by molar-refractivity contribution is 6.31. The number of amides is 1. The summed E-state index contributed by atoms with van der Waals surface area (Å²) >= 11 is 0. The highest BCUT2D eigenvalue weighted by Gasteiger charge is 2.51. The molecule has 4 N–H and O–H groups in total. The van der Waals surface area contributed by atoms with Gasteiger partial charge in [0, 0.05) is 48.3 Å². The largest absolute Gasteiger partial charge is 0.507 e. The van der Waals surface area contributed by atoms with E-state index in [-0.39, 0.29) is 46.9 Å². The topological polar surface area (TPSA) is 215 Å². The van der Waals surface area contributed by atoms with Gasteiger partial charge in [-0.3, -0.25) is 33.8 Å². The van der Waals surface area contributed by atoms with Crippen LogP contribution < -0.4 is 9.64 Å². The number of likely N-dealkylation sites (N-methyl/N-ethyl adjacent to an activating group) is 1. The number of aliphatic hydroxyl groups excluding tert-OH is 1. The second kappa shape index (κ2) is 18.1. The van der Waals surface area contributed by atoms with Gasteiger partial charge in [-0.05, 0) is 63.2 Å². The Hall–Kier alpha value is -5.91. The molecule has 0 saturated carbocycles. The number of hydrogen-bond donors (Lipinski definition) is 4. The van der Waals surface area contributed by atoms with Gasteiger partial charge in [-0.25, -0.2) is 0 Å². The molecular weight excluding hydrogens is 815 g/mol. The van der Waals surface area contributed by atoms with Crippen LogP contribution in [0.1, 0.15) is 99.9 Å². The van der Waals surface area contributed by atoms with Gasteiger partial charge in [0.25, 0.3) is 0 Å². The van der Waals surface area contributed by atoms with E-state index in [0.717, 1.165) is 11.1 Å². The van der Waals surface area contributed by atoms with E-state index in [4.69, 9.17) is 18.9 Å². The Labute approximate surface area is 364 Å². The minimum atomic E-state index is -2.44. The molecule has 7 rings (SSSR count). The molecule has 1 amide bonds. The second-order valence-corrected chi connectivity index (χ2v) is 16.4. The van der Waals surface area contributed by atoms with Crippen molar-refractivity contribution in [1.29, 1.82) is 0 Å². The van der Waals surface area contributed by atoms with Crippen molar-refractivity contribution in [3.63, 3.8) is 0 Å². The number of hydrogen-bond acceptors (Lipinski definition) is 14. The number of phenols is 2. The molecule has 16 heteroatoms. The summed E-state index contributed by atoms with van der Waals surface area (Å²) in [5, 5.41) is 47.4. The third-order valence-electron chi connectivity index (χ3n) is 12.5. The summed E-state index contributed by atoms with van der Waals surface area (Å²) in [4.78, 5) is 73.0. The Kier molecular flexibility index (Phi) is 12.9. The second-order valence-electron chi connectivity index (χ2n) is 16.4. The van der Waals surface area contributed by atoms with Crippen LogP contribution in [0.5, 0.6) is 17.2 Å². The Morgan fingerprint density at radius 3 is 2.21 bits per heavy atom. The molecule has 0 bridgehead atoms. The predicted molar refractivity (Wildman–Crippen MR) is 227 cm³/mol. The maximum Gasteiger partial charge on any atom is 0.326 e. The minimum absolute atomic E-state index is 0.0232. The molecule has 334 valence electrons. The van der Waals surface area contributed by atoms with Crippen LogP contribution in [0.3, 0.4) is 0 Å². The predicted octanol–water partition coefficient (Wildman–Crippen LogP) is 4.26. The van der Waals surface area contributed by atoms with Gasteiger partial charge >= 0.3 is 5.97 Å². The van der Waals surface area contributed by atoms with E-state index in [9.17, 15) is 44.4 Å². The van der Waals surface area contributed by atoms with Crippen LogP contribution in [-0.4, -0.2) is 123 Å². The standard InChI is InChI=1S/C47H53N3O13/c1-7-48(8-2)22-34(52)50(41-25(3)13-11-14-26(41)4)23-35(53)61-24-33(51)47(59)20-29-38(32(21-47)63-36-19-30(42(54)27(5)62-36)49-17-9-10-18-49)46(58)40-39(44(29)56)43(55)28-15-12-16-31(60-6)37(28)45(40)57/h9-18,27,30,32,36,42,54,56,58-59H,7-8,19-24H2,1-6H3/t27-,30-,32-,36-,42+,47-/m0/s1. The molecule has 6 atom stereocenters. The number of aliphatic hydroxyl groups is 2. The average molecular weight is 868 g/mol. The molecular formula is C47H53N3O13. The first-order valence-electron chi connectivity index (χ1n) is 21.0. The molecule has 0 radical (unpaired) electrons. The van der Waals surface area contributed by atoms with Crippen LogP contribution in [0.15, 0.2) is 60.9 Å². The van der Waals surface area contributed by atoms with Crippen LogP contribution in [0.25, 0.3) is 0 Å². The van der Waals surface area contributed by atoms with Crippen molar-refractivity contribution in [3.05, 3.63) is 105 Å². The van der Waals surface area contributed by atoms with E-state index in [0.29, 0.717) is 18.8 Å². The van der Waals surface area contributed by atoms with Crippen LogP contribution >= 0.6 is 0 Å². The van der Waals surface area contributed by atoms with Gasteiger partial charge in [0.15, 0.2) is 18.7 Å². The van der Waals surface area contributed by atoms with Gasteiger partial charge in [0.1, 0.15) is 35.5 Å². The zero-order valence-electron chi connectivity index (χ0n) is 36.1. The number of aromatic hydroxyl groups is 2. The zero-order valence-corrected chi connectivity index (χ0v) is 36.1. The van der Waals surface area contributed by atoms with Crippen molar-refractivity contribution in [3.8, 4) is 17.2 Å². The van der Waals surface area contributed by atoms with Crippen LogP contribution in [0.2, 0.25) is 0 Å². The zero-order chi connectivity index (χ0) is 45.5. The molecule has 16 nitrogen and oxygen atoms in total. The molecule has 2 aliphatic carbocycles. The number of ketones is 3. The van der Waals surface area contributed by atoms with Crippen LogP contribution in [-0.2, 0) is 35.0 Å². The van der Waals surface area contributed by atoms with Crippen molar-refractivity contribution in [2.24, 2.45) is 0 Å². The van der Waals surface area contributed by atoms with E-state index >= 15 is 0 Å². The Morgan fingerprint density at radius 2 is 1.56 bits per heavy atom. The molecule has 0 unspecified atom stereocenters. The fraction of sp³-hybridized carbons (Fsp3) is 0.426. The van der Waals surface area contributed by atoms with Crippen LogP contribution in [0, 0.1) is 13.8 Å². The molecule has 3 aromatic carbocycles. The molecule has 63 heavy (non-hydrogen) atoms. The number of phenolic OH excluding ortho intramolecular Hbond substituents is 2. The number of esters is 1. The van der Waals surface area contributed by atoms with E-state index in [1.807, 2.05) is 50.8 Å². The molecule has 1 saturated heterocycles. The first-order valence-corrected chi connectivity index (χ1v) is 21.0. The Bertz CT molecular complexity index is 2420. The van der Waals surface area contributed by atoms with E-state index in [2.05, 4.69) is 0 Å². The number of aryl methyl sites for hydroxylation is 2. The van der Waals surface area contributed by atoms with Gasteiger partial charge in [-0.15, -0.1) is 0 Å². The average Bonchev–Trinajstić information content (AvgIpc) is 3.80. The summed E-state index contributed by atoms with van der Waals surface area (Å²) in [5.74, 6) is -5.30. The van der Waals surface area contributed by atoms with Gasteiger partial charge in [-0.1, -0.05) is 44.2 Å². The quantitative estimate of drug-likeness (QED) is 0.0908. The van der Waals surface area contributed by atoms with E-state index in [1.165, 1.54) is 30.2 Å². The van der Waals surface area contributed by atoms with Gasteiger partial charge in [0.2, 0.25) is 17.5 Å². The highest BCUT2D eigenvalue weighted by atomic mass is 16.7. The minimum Gasteiger partial charge on any atom is -0.507 e. The number of carbonyl (C=O) groups excluding carboxylic acids is 5. The number of rotatable bonds is 14. The van der Waals surface area contributed by atoms with Crippen molar-refractivity contribution >= 4 is 34.9 Å². The van der Waals surface area contributed by atoms with Crippen molar-refractivity contribution in [1.82, 2.24) is 9.47 Å². The number of carbonyl (C=O) groups is 5. The summed E-state index contributed by atoms with van der Waals surface area (Å²) < 4.78 is 25.2. The number of para-hydroxylation sites is 1. The number of methoxy groups -OCH3 is 1. The third-order valence-corrected chi connectivity index (χ3v) is 12.5. The van der Waals surface area contributed by atoms with E-state index in [1.54, 1.807) is 36.0 Å². The number of benzene rings is 3. The first kappa shape index (κ1) is 45.1. The van der Waals surface area contributed by atoms with Gasteiger partial charge in [-0.2, -0.15) is 0 Å². The van der Waals surface area contributed by atoms with Crippen LogP contribution in [0.4, 0.5) is 5.69 Å². The summed E-state index contributed by atoms with van der Waals surface area (Å²) in [6, 6.07) is 12.9. The Balaban J connectivity index is 1.22. The molecule has 1 aromatic heterocycles. The summed E-state index contributed by atoms with van der Waals surface area (Å²) in [7, 11) is 1.32. The number of aromatic nitrogens is 1. The van der Waals surface area contributed by atoms with Crippen molar-refractivity contribution in [2.75, 3.05) is 44.8 Å². The molecule has 1 aliphatic heterocycles. The molecule has 2 heterocycles. The number of nitrogens with zero attached hydrogens (tertiary/aromatic N) is 3. The number of fused-ring (bicyclic) bond motifs is 3. The smallest absolute Gasteiger partial charge is 0.326 e. The maximum absolute atomic E-state index is 14.2. The SMILES string of the molecule is CCN(CC)CC(=O)N(CC(=O)OCC(=O)[C@]1(O)Cc2c(O)c3c(c(O)c2[C@@H](O[C@H]2C[C@H](n4cccc4)[C@H](O)[C@H](C)O2)C1)C(=O)c1c(OC)cccc1C3=O)c1c(C)cccc1C. The molecule has 1 fully saturated rings. The normalized spacial score (nSPS) is 22.8. The van der Waals surface area contributed by atoms with Gasteiger partial charge < -0.3 is 43.9 Å².